The Morgan fingerprint density at radius 3 is 2.40 bits per heavy atom. The van der Waals surface area contributed by atoms with E-state index in [2.05, 4.69) is 44.8 Å². The fraction of sp³-hybridized carbons (Fsp3) is 0.941. The maximum atomic E-state index is 12.7. The summed E-state index contributed by atoms with van der Waals surface area (Å²) in [7, 11) is 0. The molecular weight excluding hydrogens is 248 g/mol. The van der Waals surface area contributed by atoms with Crippen LogP contribution < -0.4 is 5.32 Å². The standard InChI is InChI=1S/C17H32N2O/c1-6-7-13-10-15(13)19-16(9-12(4)5)18-14(17(19)20)8-11(2)3/h11-16,18H,6-10H2,1-5H3. The van der Waals surface area contributed by atoms with E-state index in [4.69, 9.17) is 0 Å². The predicted octanol–water partition coefficient (Wildman–Crippen LogP) is 3.39. The van der Waals surface area contributed by atoms with Crippen molar-refractivity contribution in [2.45, 2.75) is 85.0 Å². The van der Waals surface area contributed by atoms with E-state index in [9.17, 15) is 4.79 Å². The minimum atomic E-state index is 0.0571. The monoisotopic (exact) mass is 280 g/mol. The first-order valence-corrected chi connectivity index (χ1v) is 8.52. The van der Waals surface area contributed by atoms with Crippen LogP contribution in [0.15, 0.2) is 0 Å². The number of carbonyl (C=O) groups is 1. The lowest BCUT2D eigenvalue weighted by atomic mass is 10.0. The summed E-state index contributed by atoms with van der Waals surface area (Å²) >= 11 is 0. The van der Waals surface area contributed by atoms with E-state index in [1.165, 1.54) is 19.3 Å². The Balaban J connectivity index is 2.03. The van der Waals surface area contributed by atoms with Crippen molar-refractivity contribution in [3.05, 3.63) is 0 Å². The van der Waals surface area contributed by atoms with Crippen LogP contribution in [0.3, 0.4) is 0 Å². The number of amides is 1. The van der Waals surface area contributed by atoms with Crippen LogP contribution in [0.25, 0.3) is 0 Å². The van der Waals surface area contributed by atoms with Crippen LogP contribution in [0.5, 0.6) is 0 Å². The largest absolute Gasteiger partial charge is 0.323 e. The van der Waals surface area contributed by atoms with Gasteiger partial charge in [0.15, 0.2) is 0 Å². The molecule has 1 saturated heterocycles. The van der Waals surface area contributed by atoms with Crippen LogP contribution >= 0.6 is 0 Å². The highest BCUT2D eigenvalue weighted by atomic mass is 16.2. The Morgan fingerprint density at radius 1 is 1.20 bits per heavy atom. The second kappa shape index (κ2) is 6.46. The first-order chi connectivity index (χ1) is 9.43. The Hall–Kier alpha value is -0.570. The molecule has 0 aromatic carbocycles. The average Bonchev–Trinajstić information content (AvgIpc) is 3.00. The van der Waals surface area contributed by atoms with Crippen LogP contribution in [0.2, 0.25) is 0 Å². The molecule has 4 atom stereocenters. The Kier molecular flexibility index (Phi) is 5.11. The number of nitrogens with zero attached hydrogens (tertiary/aromatic N) is 1. The Labute approximate surface area is 124 Å². The van der Waals surface area contributed by atoms with Gasteiger partial charge in [0.1, 0.15) is 0 Å². The highest BCUT2D eigenvalue weighted by molar-refractivity contribution is 5.85. The first kappa shape index (κ1) is 15.8. The molecule has 2 rings (SSSR count). The van der Waals surface area contributed by atoms with Gasteiger partial charge >= 0.3 is 0 Å². The summed E-state index contributed by atoms with van der Waals surface area (Å²) in [6.45, 7) is 11.1. The van der Waals surface area contributed by atoms with Gasteiger partial charge in [0.05, 0.1) is 12.2 Å². The first-order valence-electron chi connectivity index (χ1n) is 8.52. The zero-order valence-corrected chi connectivity index (χ0v) is 13.9. The molecule has 1 aliphatic heterocycles. The molecule has 0 radical (unpaired) electrons. The van der Waals surface area contributed by atoms with Crippen molar-refractivity contribution >= 4 is 5.91 Å². The second-order valence-corrected chi connectivity index (χ2v) is 7.59. The van der Waals surface area contributed by atoms with Gasteiger partial charge in [0.2, 0.25) is 5.91 Å². The molecule has 2 fully saturated rings. The van der Waals surface area contributed by atoms with E-state index in [1.54, 1.807) is 0 Å². The zero-order valence-electron chi connectivity index (χ0n) is 13.9. The SMILES string of the molecule is CCCC1CC1N1C(=O)C(CC(C)C)NC1CC(C)C. The van der Waals surface area contributed by atoms with Crippen molar-refractivity contribution in [1.82, 2.24) is 10.2 Å². The van der Waals surface area contributed by atoms with Gasteiger partial charge in [0, 0.05) is 6.04 Å². The number of nitrogens with one attached hydrogen (secondary N) is 1. The Morgan fingerprint density at radius 2 is 1.85 bits per heavy atom. The van der Waals surface area contributed by atoms with Crippen LogP contribution in [0.1, 0.15) is 66.7 Å². The molecule has 116 valence electrons. The molecule has 1 amide bonds. The van der Waals surface area contributed by atoms with Gasteiger partial charge in [-0.1, -0.05) is 41.0 Å². The average molecular weight is 280 g/mol. The smallest absolute Gasteiger partial charge is 0.241 e. The fourth-order valence-electron chi connectivity index (χ4n) is 3.63. The van der Waals surface area contributed by atoms with Crippen LogP contribution in [-0.2, 0) is 4.79 Å². The molecule has 1 aliphatic carbocycles. The van der Waals surface area contributed by atoms with Gasteiger partial charge in [-0.3, -0.25) is 10.1 Å². The molecule has 1 N–H and O–H groups in total. The van der Waals surface area contributed by atoms with Crippen LogP contribution in [0.4, 0.5) is 0 Å². The number of hydrogen-bond acceptors (Lipinski definition) is 2. The highest BCUT2D eigenvalue weighted by Gasteiger charge is 2.50. The van der Waals surface area contributed by atoms with E-state index >= 15 is 0 Å². The van der Waals surface area contributed by atoms with Gasteiger partial charge in [0.25, 0.3) is 0 Å². The second-order valence-electron chi connectivity index (χ2n) is 7.59. The van der Waals surface area contributed by atoms with E-state index in [0.29, 0.717) is 23.8 Å². The van der Waals surface area contributed by atoms with E-state index < -0.39 is 0 Å². The Bertz CT molecular complexity index is 340. The minimum Gasteiger partial charge on any atom is -0.323 e. The normalized spacial score (nSPS) is 33.5. The number of hydrogen-bond donors (Lipinski definition) is 1. The molecule has 2 aliphatic rings. The molecule has 3 nitrogen and oxygen atoms in total. The summed E-state index contributed by atoms with van der Waals surface area (Å²) in [5.41, 5.74) is 0. The molecule has 0 aromatic heterocycles. The molecule has 0 bridgehead atoms. The van der Waals surface area contributed by atoms with Crippen molar-refractivity contribution in [3.8, 4) is 0 Å². The molecule has 0 aromatic rings. The summed E-state index contributed by atoms with van der Waals surface area (Å²) in [4.78, 5) is 14.9. The van der Waals surface area contributed by atoms with Crippen molar-refractivity contribution in [2.75, 3.05) is 0 Å². The third kappa shape index (κ3) is 3.55. The van der Waals surface area contributed by atoms with Gasteiger partial charge in [-0.25, -0.2) is 0 Å². The maximum Gasteiger partial charge on any atom is 0.241 e. The van der Waals surface area contributed by atoms with Crippen molar-refractivity contribution < 1.29 is 4.79 Å². The van der Waals surface area contributed by atoms with Crippen molar-refractivity contribution in [1.29, 1.82) is 0 Å². The van der Waals surface area contributed by atoms with Gasteiger partial charge in [-0.15, -0.1) is 0 Å². The van der Waals surface area contributed by atoms with E-state index in [0.717, 1.165) is 18.8 Å². The number of rotatable bonds is 7. The van der Waals surface area contributed by atoms with E-state index in [1.807, 2.05) is 0 Å². The molecule has 1 heterocycles. The van der Waals surface area contributed by atoms with Gasteiger partial charge in [-0.2, -0.15) is 0 Å². The summed E-state index contributed by atoms with van der Waals surface area (Å²) in [6.07, 6.45) is 6.06. The lowest BCUT2D eigenvalue weighted by molar-refractivity contribution is -0.131. The van der Waals surface area contributed by atoms with Gasteiger partial charge < -0.3 is 4.90 Å². The van der Waals surface area contributed by atoms with Crippen molar-refractivity contribution in [3.63, 3.8) is 0 Å². The van der Waals surface area contributed by atoms with Gasteiger partial charge in [-0.05, 0) is 43.4 Å². The highest BCUT2D eigenvalue weighted by Crippen LogP contribution is 2.42. The predicted molar refractivity (Wildman–Crippen MR) is 83.3 cm³/mol. The molecular formula is C17H32N2O. The summed E-state index contributed by atoms with van der Waals surface area (Å²) < 4.78 is 0. The lowest BCUT2D eigenvalue weighted by Crippen LogP contribution is -2.40. The molecule has 1 saturated carbocycles. The number of carbonyl (C=O) groups excluding carboxylic acids is 1. The third-order valence-electron chi connectivity index (χ3n) is 4.59. The molecule has 3 heteroatoms. The fourth-order valence-corrected chi connectivity index (χ4v) is 3.63. The van der Waals surface area contributed by atoms with Crippen molar-refractivity contribution in [2.24, 2.45) is 17.8 Å². The lowest BCUT2D eigenvalue weighted by Gasteiger charge is -2.26. The molecule has 4 unspecified atom stereocenters. The maximum absolute atomic E-state index is 12.7. The minimum absolute atomic E-state index is 0.0571. The third-order valence-corrected chi connectivity index (χ3v) is 4.59. The molecule has 20 heavy (non-hydrogen) atoms. The quantitative estimate of drug-likeness (QED) is 0.775. The molecule has 0 spiro atoms. The zero-order chi connectivity index (χ0) is 14.9. The summed E-state index contributed by atoms with van der Waals surface area (Å²) in [5.74, 6) is 2.33. The topological polar surface area (TPSA) is 32.3 Å². The van der Waals surface area contributed by atoms with Crippen LogP contribution in [-0.4, -0.2) is 29.1 Å². The summed E-state index contributed by atoms with van der Waals surface area (Å²) in [5, 5.41) is 3.61. The van der Waals surface area contributed by atoms with E-state index in [-0.39, 0.29) is 12.2 Å². The summed E-state index contributed by atoms with van der Waals surface area (Å²) in [6, 6.07) is 0.581. The van der Waals surface area contributed by atoms with Crippen LogP contribution in [0, 0.1) is 17.8 Å².